The van der Waals surface area contributed by atoms with Gasteiger partial charge in [0, 0.05) is 6.20 Å². The minimum Gasteiger partial charge on any atom is -0.489 e. The molecule has 0 radical (unpaired) electrons. The summed E-state index contributed by atoms with van der Waals surface area (Å²) in [6.45, 7) is 0.629. The number of nitrogens with zero attached hydrogens (tertiary/aromatic N) is 1. The number of aromatic nitrogens is 1. The molecule has 28 heavy (non-hydrogen) atoms. The zero-order valence-corrected chi connectivity index (χ0v) is 16.5. The fourth-order valence-electron chi connectivity index (χ4n) is 3.32. The van der Waals surface area contributed by atoms with Gasteiger partial charge in [0.1, 0.15) is 0 Å². The first-order chi connectivity index (χ1) is 13.4. The molecule has 2 aromatic rings. The van der Waals surface area contributed by atoms with E-state index in [-0.39, 0.29) is 17.2 Å². The summed E-state index contributed by atoms with van der Waals surface area (Å²) in [4.78, 5) is 16.6. The summed E-state index contributed by atoms with van der Waals surface area (Å²) in [5.74, 6) is 1.25. The first-order valence-corrected chi connectivity index (χ1v) is 11.0. The highest BCUT2D eigenvalue weighted by Crippen LogP contribution is 2.27. The first-order valence-electron chi connectivity index (χ1n) is 9.41. The second kappa shape index (κ2) is 9.16. The van der Waals surface area contributed by atoms with Gasteiger partial charge in [-0.3, -0.25) is 4.79 Å². The number of primary sulfonamides is 1. The second-order valence-corrected chi connectivity index (χ2v) is 8.64. The number of ether oxygens (including phenoxy) is 1. The maximum absolute atomic E-state index is 12.4. The Morgan fingerprint density at radius 3 is 2.54 bits per heavy atom. The lowest BCUT2D eigenvalue weighted by atomic mass is 9.90. The molecule has 1 aromatic carbocycles. The Hall–Kier alpha value is -2.45. The van der Waals surface area contributed by atoms with Gasteiger partial charge in [-0.25, -0.2) is 18.5 Å². The number of rotatable bonds is 7. The molecule has 0 aliphatic heterocycles. The Morgan fingerprint density at radius 1 is 1.14 bits per heavy atom. The Morgan fingerprint density at radius 2 is 1.86 bits per heavy atom. The summed E-state index contributed by atoms with van der Waals surface area (Å²) < 4.78 is 28.5. The number of carbonyl (C=O) groups excluding carboxylic acids is 1. The van der Waals surface area contributed by atoms with Gasteiger partial charge in [0.25, 0.3) is 0 Å². The highest BCUT2D eigenvalue weighted by atomic mass is 32.2. The number of sulfonamides is 1. The van der Waals surface area contributed by atoms with Gasteiger partial charge < -0.3 is 10.1 Å². The number of hydrogen-bond donors (Lipinski definition) is 2. The van der Waals surface area contributed by atoms with Gasteiger partial charge in [-0.05, 0) is 48.6 Å². The molecule has 7 nitrogen and oxygen atoms in total. The molecule has 1 fully saturated rings. The average molecular weight is 404 g/mol. The molecule has 1 saturated carbocycles. The molecule has 0 unspecified atom stereocenters. The summed E-state index contributed by atoms with van der Waals surface area (Å²) in [6.07, 6.45) is 7.83. The van der Waals surface area contributed by atoms with Crippen LogP contribution in [0.5, 0.6) is 5.75 Å². The molecule has 150 valence electrons. The summed E-state index contributed by atoms with van der Waals surface area (Å²) >= 11 is 0. The third-order valence-corrected chi connectivity index (χ3v) is 5.77. The topological polar surface area (TPSA) is 111 Å². The number of benzene rings is 1. The normalized spacial score (nSPS) is 15.2. The number of nitrogens with one attached hydrogen (secondary N) is 1. The van der Waals surface area contributed by atoms with E-state index in [0.717, 1.165) is 0 Å². The molecule has 1 amide bonds. The lowest BCUT2D eigenvalue weighted by Crippen LogP contribution is -2.18. The average Bonchev–Trinajstić information content (AvgIpc) is 2.68. The number of anilines is 1. The Balaban J connectivity index is 1.59. The molecule has 0 saturated heterocycles. The van der Waals surface area contributed by atoms with E-state index >= 15 is 0 Å². The number of pyridine rings is 1. The van der Waals surface area contributed by atoms with Gasteiger partial charge in [0.2, 0.25) is 15.9 Å². The zero-order chi connectivity index (χ0) is 20.0. The Kier molecular flexibility index (Phi) is 6.64. The Bertz CT molecular complexity index is 907. The number of amides is 1. The molecule has 1 aromatic heterocycles. The van der Waals surface area contributed by atoms with E-state index in [1.54, 1.807) is 30.5 Å². The number of nitrogens with two attached hydrogens (primary N) is 1. The molecule has 3 rings (SSSR count). The van der Waals surface area contributed by atoms with E-state index in [1.807, 2.05) is 0 Å². The molecule has 0 spiro atoms. The van der Waals surface area contributed by atoms with Crippen molar-refractivity contribution in [3.05, 3.63) is 48.2 Å². The highest BCUT2D eigenvalue weighted by molar-refractivity contribution is 7.89. The molecule has 1 heterocycles. The standard InChI is InChI=1S/C20H25N3O4S/c21-28(25,26)17-10-8-15(9-11-17)13-19(24)23-20-18(7-4-12-22-20)27-14-16-5-2-1-3-6-16/h4,7-12,16H,1-3,5-6,13-14H2,(H2,21,25,26)(H,22,23,24). The summed E-state index contributed by atoms with van der Waals surface area (Å²) in [7, 11) is -3.75. The van der Waals surface area contributed by atoms with Crippen molar-refractivity contribution in [1.82, 2.24) is 4.98 Å². The predicted octanol–water partition coefficient (Wildman–Crippen LogP) is 2.87. The van der Waals surface area contributed by atoms with E-state index < -0.39 is 10.0 Å². The van der Waals surface area contributed by atoms with Crippen LogP contribution in [0.25, 0.3) is 0 Å². The van der Waals surface area contributed by atoms with Crippen LogP contribution in [0.3, 0.4) is 0 Å². The maximum atomic E-state index is 12.4. The fourth-order valence-corrected chi connectivity index (χ4v) is 3.84. The van der Waals surface area contributed by atoms with E-state index in [1.165, 1.54) is 44.2 Å². The highest BCUT2D eigenvalue weighted by Gasteiger charge is 2.16. The van der Waals surface area contributed by atoms with E-state index in [4.69, 9.17) is 9.88 Å². The minimum absolute atomic E-state index is 0.0137. The molecule has 8 heteroatoms. The summed E-state index contributed by atoms with van der Waals surface area (Å²) in [5, 5.41) is 7.85. The largest absolute Gasteiger partial charge is 0.489 e. The predicted molar refractivity (Wildman–Crippen MR) is 106 cm³/mol. The zero-order valence-electron chi connectivity index (χ0n) is 15.6. The van der Waals surface area contributed by atoms with E-state index in [2.05, 4.69) is 10.3 Å². The van der Waals surface area contributed by atoms with Crippen molar-refractivity contribution in [2.75, 3.05) is 11.9 Å². The smallest absolute Gasteiger partial charge is 0.238 e. The van der Waals surface area contributed by atoms with Crippen molar-refractivity contribution in [2.24, 2.45) is 11.1 Å². The molecule has 0 atom stereocenters. The fraction of sp³-hybridized carbons (Fsp3) is 0.400. The third-order valence-electron chi connectivity index (χ3n) is 4.84. The van der Waals surface area contributed by atoms with Gasteiger partial charge in [-0.2, -0.15) is 0 Å². The van der Waals surface area contributed by atoms with Crippen LogP contribution >= 0.6 is 0 Å². The monoisotopic (exact) mass is 403 g/mol. The molecular formula is C20H25N3O4S. The lowest BCUT2D eigenvalue weighted by molar-refractivity contribution is -0.115. The van der Waals surface area contributed by atoms with Crippen molar-refractivity contribution in [3.8, 4) is 5.75 Å². The van der Waals surface area contributed by atoms with Gasteiger partial charge in [0.05, 0.1) is 17.9 Å². The second-order valence-electron chi connectivity index (χ2n) is 7.08. The Labute approximate surface area is 165 Å². The quantitative estimate of drug-likeness (QED) is 0.738. The van der Waals surface area contributed by atoms with Crippen LogP contribution in [0.2, 0.25) is 0 Å². The van der Waals surface area contributed by atoms with Gasteiger partial charge in [-0.15, -0.1) is 0 Å². The van der Waals surface area contributed by atoms with E-state index in [0.29, 0.717) is 29.7 Å². The van der Waals surface area contributed by atoms with Crippen molar-refractivity contribution in [1.29, 1.82) is 0 Å². The number of hydrogen-bond acceptors (Lipinski definition) is 5. The van der Waals surface area contributed by atoms with Crippen LogP contribution in [-0.2, 0) is 21.2 Å². The van der Waals surface area contributed by atoms with Crippen molar-refractivity contribution >= 4 is 21.7 Å². The van der Waals surface area contributed by atoms with Crippen LogP contribution in [-0.4, -0.2) is 25.9 Å². The molecule has 3 N–H and O–H groups in total. The minimum atomic E-state index is -3.75. The van der Waals surface area contributed by atoms with E-state index in [9.17, 15) is 13.2 Å². The molecule has 0 bridgehead atoms. The van der Waals surface area contributed by atoms with Crippen LogP contribution in [0.1, 0.15) is 37.7 Å². The van der Waals surface area contributed by atoms with Gasteiger partial charge in [0.15, 0.2) is 11.6 Å². The molecule has 1 aliphatic carbocycles. The third kappa shape index (κ3) is 5.77. The van der Waals surface area contributed by atoms with Crippen molar-refractivity contribution in [2.45, 2.75) is 43.4 Å². The van der Waals surface area contributed by atoms with Gasteiger partial charge in [-0.1, -0.05) is 31.4 Å². The van der Waals surface area contributed by atoms with Crippen LogP contribution < -0.4 is 15.2 Å². The maximum Gasteiger partial charge on any atom is 0.238 e. The molecular weight excluding hydrogens is 378 g/mol. The lowest BCUT2D eigenvalue weighted by Gasteiger charge is -2.22. The van der Waals surface area contributed by atoms with Crippen LogP contribution in [0, 0.1) is 5.92 Å². The first kappa shape index (κ1) is 20.3. The summed E-state index contributed by atoms with van der Waals surface area (Å²) in [5.41, 5.74) is 0.672. The SMILES string of the molecule is NS(=O)(=O)c1ccc(CC(=O)Nc2ncccc2OCC2CCCCC2)cc1. The van der Waals surface area contributed by atoms with Gasteiger partial charge >= 0.3 is 0 Å². The summed E-state index contributed by atoms with van der Waals surface area (Å²) in [6, 6.07) is 9.48. The molecule has 1 aliphatic rings. The van der Waals surface area contributed by atoms with Crippen molar-refractivity contribution < 1.29 is 17.9 Å². The van der Waals surface area contributed by atoms with Crippen LogP contribution in [0.4, 0.5) is 5.82 Å². The number of carbonyl (C=O) groups is 1. The van der Waals surface area contributed by atoms with Crippen LogP contribution in [0.15, 0.2) is 47.5 Å². The van der Waals surface area contributed by atoms with Crippen molar-refractivity contribution in [3.63, 3.8) is 0 Å².